The molecule has 0 aliphatic carbocycles. The number of thioether (sulfide) groups is 1. The summed E-state index contributed by atoms with van der Waals surface area (Å²) >= 11 is 1.57. The van der Waals surface area contributed by atoms with E-state index in [1.165, 1.54) is 12.1 Å². The van der Waals surface area contributed by atoms with Gasteiger partial charge in [0.1, 0.15) is 12.4 Å². The van der Waals surface area contributed by atoms with E-state index < -0.39 is 10.9 Å². The molecule has 0 radical (unpaired) electrons. The van der Waals surface area contributed by atoms with Gasteiger partial charge < -0.3 is 14.2 Å². The molecule has 0 saturated heterocycles. The summed E-state index contributed by atoms with van der Waals surface area (Å²) in [4.78, 5) is 23.8. The first kappa shape index (κ1) is 17.2. The van der Waals surface area contributed by atoms with Gasteiger partial charge >= 0.3 is 5.97 Å². The molecule has 0 amide bonds. The standard InChI is InChI=1S/C17H15NO6S/c1-25-15-4-2-11(3-5-15)17(19)23-9-13-7-14(18(20)21)6-12-8-22-10-24-16(12)13/h2-7H,8-10H2,1H3. The summed E-state index contributed by atoms with van der Waals surface area (Å²) in [6, 6.07) is 9.78. The molecule has 2 aromatic rings. The number of non-ortho nitro benzene ring substituents is 1. The average molecular weight is 361 g/mol. The zero-order valence-electron chi connectivity index (χ0n) is 13.4. The molecule has 0 aromatic heterocycles. The second kappa shape index (κ2) is 7.54. The van der Waals surface area contributed by atoms with Crippen LogP contribution in [-0.4, -0.2) is 23.9 Å². The summed E-state index contributed by atoms with van der Waals surface area (Å²) in [7, 11) is 0. The van der Waals surface area contributed by atoms with Crippen LogP contribution in [0.25, 0.3) is 0 Å². The monoisotopic (exact) mass is 361 g/mol. The Morgan fingerprint density at radius 2 is 2.08 bits per heavy atom. The third-order valence-corrected chi connectivity index (χ3v) is 4.41. The maximum Gasteiger partial charge on any atom is 0.338 e. The zero-order chi connectivity index (χ0) is 17.8. The van der Waals surface area contributed by atoms with Crippen LogP contribution < -0.4 is 4.74 Å². The number of esters is 1. The summed E-state index contributed by atoms with van der Waals surface area (Å²) in [6.45, 7) is 0.156. The molecule has 3 rings (SSSR count). The molecule has 0 saturated carbocycles. The first-order valence-electron chi connectivity index (χ1n) is 7.40. The average Bonchev–Trinajstić information content (AvgIpc) is 2.65. The molecule has 7 nitrogen and oxygen atoms in total. The molecule has 1 aliphatic rings. The van der Waals surface area contributed by atoms with Crippen LogP contribution in [0.4, 0.5) is 5.69 Å². The normalized spacial score (nSPS) is 12.8. The fraction of sp³-hybridized carbons (Fsp3) is 0.235. The first-order chi connectivity index (χ1) is 12.1. The maximum absolute atomic E-state index is 12.2. The van der Waals surface area contributed by atoms with Gasteiger partial charge in [-0.2, -0.15) is 0 Å². The molecule has 0 unspecified atom stereocenters. The highest BCUT2D eigenvalue weighted by molar-refractivity contribution is 7.98. The van der Waals surface area contributed by atoms with E-state index in [-0.39, 0.29) is 25.7 Å². The number of benzene rings is 2. The number of hydrogen-bond acceptors (Lipinski definition) is 7. The van der Waals surface area contributed by atoms with Gasteiger partial charge in [-0.25, -0.2) is 4.79 Å². The molecular weight excluding hydrogens is 346 g/mol. The lowest BCUT2D eigenvalue weighted by atomic mass is 10.1. The molecule has 0 N–H and O–H groups in total. The van der Waals surface area contributed by atoms with E-state index >= 15 is 0 Å². The van der Waals surface area contributed by atoms with Crippen LogP contribution in [0, 0.1) is 10.1 Å². The fourth-order valence-corrected chi connectivity index (χ4v) is 2.86. The topological polar surface area (TPSA) is 87.9 Å². The number of nitro benzene ring substituents is 1. The minimum Gasteiger partial charge on any atom is -0.467 e. The van der Waals surface area contributed by atoms with Gasteiger partial charge in [0, 0.05) is 28.2 Å². The fourth-order valence-electron chi connectivity index (χ4n) is 2.45. The van der Waals surface area contributed by atoms with Gasteiger partial charge in [0.15, 0.2) is 6.79 Å². The minimum absolute atomic E-state index is 0.0574. The van der Waals surface area contributed by atoms with E-state index in [0.29, 0.717) is 22.4 Å². The Bertz CT molecular complexity index is 806. The molecule has 25 heavy (non-hydrogen) atoms. The second-order valence-electron chi connectivity index (χ2n) is 5.27. The third-order valence-electron chi connectivity index (χ3n) is 3.67. The van der Waals surface area contributed by atoms with Gasteiger partial charge in [-0.1, -0.05) is 0 Å². The van der Waals surface area contributed by atoms with Crippen LogP contribution in [0.1, 0.15) is 21.5 Å². The number of hydrogen-bond donors (Lipinski definition) is 0. The molecular formula is C17H15NO6S. The minimum atomic E-state index is -0.500. The Morgan fingerprint density at radius 3 is 2.76 bits per heavy atom. The number of nitro groups is 1. The molecule has 2 aromatic carbocycles. The zero-order valence-corrected chi connectivity index (χ0v) is 14.2. The summed E-state index contributed by atoms with van der Waals surface area (Å²) < 4.78 is 15.9. The van der Waals surface area contributed by atoms with Crippen LogP contribution in [0.15, 0.2) is 41.3 Å². The van der Waals surface area contributed by atoms with Crippen LogP contribution in [0.2, 0.25) is 0 Å². The van der Waals surface area contributed by atoms with Crippen molar-refractivity contribution in [3.05, 3.63) is 63.2 Å². The highest BCUT2D eigenvalue weighted by Crippen LogP contribution is 2.33. The van der Waals surface area contributed by atoms with Gasteiger partial charge in [-0.15, -0.1) is 11.8 Å². The third kappa shape index (κ3) is 3.92. The van der Waals surface area contributed by atoms with Crippen LogP contribution >= 0.6 is 11.8 Å². The van der Waals surface area contributed by atoms with Crippen molar-refractivity contribution in [1.82, 2.24) is 0 Å². The van der Waals surface area contributed by atoms with Crippen molar-refractivity contribution in [2.75, 3.05) is 13.0 Å². The van der Waals surface area contributed by atoms with Crippen molar-refractivity contribution in [2.45, 2.75) is 18.1 Å². The van der Waals surface area contributed by atoms with Gasteiger partial charge in [0.2, 0.25) is 0 Å². The summed E-state index contributed by atoms with van der Waals surface area (Å²) in [5.41, 5.74) is 1.34. The van der Waals surface area contributed by atoms with E-state index in [2.05, 4.69) is 0 Å². The molecule has 1 aliphatic heterocycles. The first-order valence-corrected chi connectivity index (χ1v) is 8.63. The number of fused-ring (bicyclic) bond motifs is 1. The van der Waals surface area contributed by atoms with Crippen molar-refractivity contribution < 1.29 is 23.9 Å². The van der Waals surface area contributed by atoms with E-state index in [9.17, 15) is 14.9 Å². The lowest BCUT2D eigenvalue weighted by molar-refractivity contribution is -0.385. The van der Waals surface area contributed by atoms with Crippen LogP contribution in [0.3, 0.4) is 0 Å². The van der Waals surface area contributed by atoms with Gasteiger partial charge in [-0.05, 0) is 30.5 Å². The number of nitrogens with zero attached hydrogens (tertiary/aromatic N) is 1. The second-order valence-corrected chi connectivity index (χ2v) is 6.15. The highest BCUT2D eigenvalue weighted by atomic mass is 32.2. The Balaban J connectivity index is 1.78. The van der Waals surface area contributed by atoms with E-state index in [1.54, 1.807) is 23.9 Å². The van der Waals surface area contributed by atoms with Crippen LogP contribution in [-0.2, 0) is 22.7 Å². The van der Waals surface area contributed by atoms with Crippen molar-refractivity contribution in [1.29, 1.82) is 0 Å². The molecule has 0 bridgehead atoms. The quantitative estimate of drug-likeness (QED) is 0.348. The SMILES string of the molecule is CSc1ccc(C(=O)OCc2cc([N+](=O)[O-])cc3c2OCOC3)cc1. The van der Waals surface area contributed by atoms with Crippen molar-refractivity contribution in [3.8, 4) is 5.75 Å². The van der Waals surface area contributed by atoms with Crippen molar-refractivity contribution in [3.63, 3.8) is 0 Å². The Labute approximate surface area is 148 Å². The molecule has 0 atom stereocenters. The van der Waals surface area contributed by atoms with Gasteiger partial charge in [-0.3, -0.25) is 10.1 Å². The lowest BCUT2D eigenvalue weighted by Crippen LogP contribution is -2.15. The molecule has 0 fully saturated rings. The van der Waals surface area contributed by atoms with E-state index in [1.807, 2.05) is 18.4 Å². The Kier molecular flexibility index (Phi) is 5.20. The molecule has 0 spiro atoms. The Morgan fingerprint density at radius 1 is 1.32 bits per heavy atom. The molecule has 1 heterocycles. The number of carbonyl (C=O) groups excluding carboxylic acids is 1. The lowest BCUT2D eigenvalue weighted by Gasteiger charge is -2.20. The highest BCUT2D eigenvalue weighted by Gasteiger charge is 2.22. The number of carbonyl (C=O) groups is 1. The number of rotatable bonds is 5. The molecule has 8 heteroatoms. The van der Waals surface area contributed by atoms with E-state index in [4.69, 9.17) is 14.2 Å². The molecule has 130 valence electrons. The van der Waals surface area contributed by atoms with Crippen molar-refractivity contribution >= 4 is 23.4 Å². The maximum atomic E-state index is 12.2. The Hall–Kier alpha value is -2.58. The predicted octanol–water partition coefficient (Wildman–Crippen LogP) is 3.54. The summed E-state index contributed by atoms with van der Waals surface area (Å²) in [5.74, 6) is -0.0256. The van der Waals surface area contributed by atoms with Crippen molar-refractivity contribution in [2.24, 2.45) is 0 Å². The number of ether oxygens (including phenoxy) is 3. The summed E-state index contributed by atoms with van der Waals surface area (Å²) in [6.07, 6.45) is 1.95. The largest absolute Gasteiger partial charge is 0.467 e. The predicted molar refractivity (Wildman–Crippen MR) is 90.7 cm³/mol. The van der Waals surface area contributed by atoms with Gasteiger partial charge in [0.25, 0.3) is 5.69 Å². The van der Waals surface area contributed by atoms with Crippen LogP contribution in [0.5, 0.6) is 5.75 Å². The van der Waals surface area contributed by atoms with Gasteiger partial charge in [0.05, 0.1) is 17.1 Å². The van der Waals surface area contributed by atoms with E-state index in [0.717, 1.165) is 4.90 Å². The summed E-state index contributed by atoms with van der Waals surface area (Å²) in [5, 5.41) is 11.1. The smallest absolute Gasteiger partial charge is 0.338 e.